The van der Waals surface area contributed by atoms with Crippen molar-refractivity contribution in [2.75, 3.05) is 5.73 Å². The molecular formula is C13H8BrClN2O. The normalized spacial score (nSPS) is 11.0. The first-order valence-corrected chi connectivity index (χ1v) is 6.42. The van der Waals surface area contributed by atoms with Crippen LogP contribution in [0.25, 0.3) is 22.1 Å². The van der Waals surface area contributed by atoms with Gasteiger partial charge in [-0.2, -0.15) is 0 Å². The van der Waals surface area contributed by atoms with Gasteiger partial charge in [-0.15, -0.1) is 0 Å². The van der Waals surface area contributed by atoms with Crippen LogP contribution in [-0.2, 0) is 0 Å². The van der Waals surface area contributed by atoms with Crippen molar-refractivity contribution in [3.8, 4) is 11.3 Å². The molecule has 0 saturated carbocycles. The molecule has 1 aromatic heterocycles. The first kappa shape index (κ1) is 11.6. The average Bonchev–Trinajstić information content (AvgIpc) is 2.69. The van der Waals surface area contributed by atoms with Crippen LogP contribution in [0.15, 0.2) is 45.4 Å². The van der Waals surface area contributed by atoms with Gasteiger partial charge < -0.3 is 10.3 Å². The Morgan fingerprint density at radius 2 is 1.83 bits per heavy atom. The van der Waals surface area contributed by atoms with E-state index >= 15 is 0 Å². The highest BCUT2D eigenvalue weighted by Gasteiger charge is 2.13. The second kappa shape index (κ2) is 4.30. The topological polar surface area (TPSA) is 52.0 Å². The lowest BCUT2D eigenvalue weighted by molar-refractivity contribution is 0.436. The standard InChI is InChI=1S/C13H8BrClN2O/c14-10-4-3-7-5-9(2-1-8(7)6-10)12-11(15)13(16)17-18-12/h1-6H,(H2,16,17). The summed E-state index contributed by atoms with van der Waals surface area (Å²) in [6.45, 7) is 0. The van der Waals surface area contributed by atoms with Crippen LogP contribution in [0, 0.1) is 0 Å². The van der Waals surface area contributed by atoms with Crippen LogP contribution in [0.2, 0.25) is 5.02 Å². The van der Waals surface area contributed by atoms with E-state index in [0.29, 0.717) is 10.8 Å². The summed E-state index contributed by atoms with van der Waals surface area (Å²) in [6, 6.07) is 12.0. The monoisotopic (exact) mass is 322 g/mol. The number of anilines is 1. The van der Waals surface area contributed by atoms with E-state index in [1.54, 1.807) is 0 Å². The van der Waals surface area contributed by atoms with E-state index in [0.717, 1.165) is 20.8 Å². The van der Waals surface area contributed by atoms with E-state index in [4.69, 9.17) is 21.9 Å². The Kier molecular flexibility index (Phi) is 2.76. The third kappa shape index (κ3) is 1.87. The second-order valence-corrected chi connectivity index (χ2v) is 5.21. The van der Waals surface area contributed by atoms with Gasteiger partial charge in [-0.3, -0.25) is 0 Å². The molecule has 0 saturated heterocycles. The number of rotatable bonds is 1. The summed E-state index contributed by atoms with van der Waals surface area (Å²) in [4.78, 5) is 0. The third-order valence-corrected chi connectivity index (χ3v) is 3.58. The number of nitrogen functional groups attached to an aromatic ring is 1. The number of nitrogens with two attached hydrogens (primary N) is 1. The Labute approximate surface area is 117 Å². The number of aromatic nitrogens is 1. The Morgan fingerprint density at radius 3 is 2.56 bits per heavy atom. The van der Waals surface area contributed by atoms with Crippen molar-refractivity contribution in [2.45, 2.75) is 0 Å². The highest BCUT2D eigenvalue weighted by Crippen LogP contribution is 2.34. The van der Waals surface area contributed by atoms with Crippen LogP contribution in [0.5, 0.6) is 0 Å². The van der Waals surface area contributed by atoms with E-state index < -0.39 is 0 Å². The van der Waals surface area contributed by atoms with E-state index in [9.17, 15) is 0 Å². The molecule has 5 heteroatoms. The molecule has 2 aromatic carbocycles. The molecule has 0 aliphatic carbocycles. The average molecular weight is 324 g/mol. The minimum atomic E-state index is 0.211. The molecule has 3 aromatic rings. The molecule has 0 amide bonds. The molecule has 18 heavy (non-hydrogen) atoms. The van der Waals surface area contributed by atoms with Crippen LogP contribution >= 0.6 is 27.5 Å². The number of halogens is 2. The van der Waals surface area contributed by atoms with Crippen molar-refractivity contribution in [1.29, 1.82) is 0 Å². The van der Waals surface area contributed by atoms with Gasteiger partial charge in [0.1, 0.15) is 5.02 Å². The number of hydrogen-bond donors (Lipinski definition) is 1. The van der Waals surface area contributed by atoms with Gasteiger partial charge in [0, 0.05) is 10.0 Å². The molecular weight excluding hydrogens is 316 g/mol. The van der Waals surface area contributed by atoms with Gasteiger partial charge in [0.05, 0.1) is 0 Å². The summed E-state index contributed by atoms with van der Waals surface area (Å²) >= 11 is 9.48. The first-order valence-electron chi connectivity index (χ1n) is 5.25. The summed E-state index contributed by atoms with van der Waals surface area (Å²) < 4.78 is 6.18. The molecule has 0 fully saturated rings. The van der Waals surface area contributed by atoms with E-state index in [2.05, 4.69) is 27.2 Å². The number of benzene rings is 2. The lowest BCUT2D eigenvalue weighted by atomic mass is 10.1. The minimum Gasteiger partial charge on any atom is -0.380 e. The van der Waals surface area contributed by atoms with Crippen LogP contribution in [-0.4, -0.2) is 5.16 Å². The van der Waals surface area contributed by atoms with Gasteiger partial charge in [-0.05, 0) is 29.0 Å². The zero-order valence-corrected chi connectivity index (χ0v) is 11.5. The number of nitrogens with zero attached hydrogens (tertiary/aromatic N) is 1. The fourth-order valence-corrected chi connectivity index (χ4v) is 2.39. The summed E-state index contributed by atoms with van der Waals surface area (Å²) in [5, 5.41) is 6.24. The molecule has 0 aliphatic heterocycles. The van der Waals surface area contributed by atoms with Gasteiger partial charge in [-0.25, -0.2) is 0 Å². The largest absolute Gasteiger partial charge is 0.380 e. The molecule has 0 bridgehead atoms. The van der Waals surface area contributed by atoms with Gasteiger partial charge in [0.15, 0.2) is 11.6 Å². The van der Waals surface area contributed by atoms with Gasteiger partial charge in [0.2, 0.25) is 0 Å². The maximum atomic E-state index is 6.03. The van der Waals surface area contributed by atoms with Gasteiger partial charge >= 0.3 is 0 Å². The first-order chi connectivity index (χ1) is 8.65. The summed E-state index contributed by atoms with van der Waals surface area (Å²) in [5.41, 5.74) is 6.43. The van der Waals surface area contributed by atoms with Crippen LogP contribution in [0.3, 0.4) is 0 Å². The van der Waals surface area contributed by atoms with E-state index in [1.165, 1.54) is 0 Å². The summed E-state index contributed by atoms with van der Waals surface area (Å²) in [7, 11) is 0. The van der Waals surface area contributed by atoms with Gasteiger partial charge in [0.25, 0.3) is 0 Å². The van der Waals surface area contributed by atoms with Crippen molar-refractivity contribution in [1.82, 2.24) is 5.16 Å². The highest BCUT2D eigenvalue weighted by molar-refractivity contribution is 9.10. The Balaban J connectivity index is 2.19. The van der Waals surface area contributed by atoms with Crippen molar-refractivity contribution in [3.63, 3.8) is 0 Å². The molecule has 2 N–H and O–H groups in total. The van der Waals surface area contributed by atoms with E-state index in [1.807, 2.05) is 30.3 Å². The highest BCUT2D eigenvalue weighted by atomic mass is 79.9. The summed E-state index contributed by atoms with van der Waals surface area (Å²) in [6.07, 6.45) is 0. The van der Waals surface area contributed by atoms with Crippen molar-refractivity contribution in [2.24, 2.45) is 0 Å². The van der Waals surface area contributed by atoms with Crippen LogP contribution in [0.4, 0.5) is 5.82 Å². The maximum absolute atomic E-state index is 6.03. The fourth-order valence-electron chi connectivity index (χ4n) is 1.83. The fraction of sp³-hybridized carbons (Fsp3) is 0. The number of hydrogen-bond acceptors (Lipinski definition) is 3. The maximum Gasteiger partial charge on any atom is 0.187 e. The molecule has 0 aliphatic rings. The quantitative estimate of drug-likeness (QED) is 0.717. The smallest absolute Gasteiger partial charge is 0.187 e. The van der Waals surface area contributed by atoms with Crippen LogP contribution in [0.1, 0.15) is 0 Å². The Hall–Kier alpha value is -1.52. The molecule has 0 spiro atoms. The van der Waals surface area contributed by atoms with Crippen molar-refractivity contribution >= 4 is 44.1 Å². The molecule has 0 radical (unpaired) electrons. The van der Waals surface area contributed by atoms with Crippen molar-refractivity contribution < 1.29 is 4.52 Å². The Bertz CT molecular complexity index is 739. The predicted molar refractivity (Wildman–Crippen MR) is 76.6 cm³/mol. The lowest BCUT2D eigenvalue weighted by Crippen LogP contribution is -1.83. The summed E-state index contributed by atoms with van der Waals surface area (Å²) in [5.74, 6) is 0.710. The van der Waals surface area contributed by atoms with Gasteiger partial charge in [-0.1, -0.05) is 50.9 Å². The minimum absolute atomic E-state index is 0.211. The third-order valence-electron chi connectivity index (χ3n) is 2.72. The van der Waals surface area contributed by atoms with Crippen molar-refractivity contribution in [3.05, 3.63) is 45.9 Å². The molecule has 0 unspecified atom stereocenters. The molecule has 3 rings (SSSR count). The van der Waals surface area contributed by atoms with Crippen LogP contribution < -0.4 is 5.73 Å². The number of fused-ring (bicyclic) bond motifs is 1. The molecule has 0 atom stereocenters. The Morgan fingerprint density at radius 1 is 1.11 bits per heavy atom. The SMILES string of the molecule is Nc1noc(-c2ccc3cc(Br)ccc3c2)c1Cl. The molecule has 3 nitrogen and oxygen atoms in total. The molecule has 1 heterocycles. The predicted octanol–water partition coefficient (Wildman–Crippen LogP) is 4.49. The zero-order valence-electron chi connectivity index (χ0n) is 9.15. The zero-order chi connectivity index (χ0) is 12.7. The molecule has 90 valence electrons. The van der Waals surface area contributed by atoms with E-state index in [-0.39, 0.29) is 5.82 Å². The lowest BCUT2D eigenvalue weighted by Gasteiger charge is -2.01. The second-order valence-electron chi connectivity index (χ2n) is 3.92.